The highest BCUT2D eigenvalue weighted by atomic mass is 16.5. The molecule has 1 atom stereocenters. The predicted octanol–water partition coefficient (Wildman–Crippen LogP) is 22.5. The Balaban J connectivity index is 0.000000172. The van der Waals surface area contributed by atoms with Crippen LogP contribution < -0.4 is 5.73 Å². The molecule has 0 aliphatic rings. The van der Waals surface area contributed by atoms with Crippen LogP contribution in [0.5, 0.6) is 29.4 Å². The Morgan fingerprint density at radius 3 is 0.840 bits per heavy atom. The number of aliphatic imine (C=N–C) groups is 5. The number of aromatic hydroxyl groups is 5. The van der Waals surface area contributed by atoms with Crippen molar-refractivity contribution >= 4 is 118 Å². The van der Waals surface area contributed by atoms with Crippen molar-refractivity contribution in [3.8, 4) is 69.0 Å². The third-order valence-electron chi connectivity index (χ3n) is 24.3. The maximum Gasteiger partial charge on any atom is 0.313 e. The number of aliphatic hydroxyl groups excluding tert-OH is 2. The van der Waals surface area contributed by atoms with E-state index in [1.807, 2.05) is 258 Å². The number of hydrogen-bond acceptors (Lipinski definition) is 19. The molecule has 0 radical (unpaired) electrons. The van der Waals surface area contributed by atoms with Gasteiger partial charge >= 0.3 is 5.97 Å². The van der Waals surface area contributed by atoms with Gasteiger partial charge in [0.15, 0.2) is 23.1 Å². The van der Waals surface area contributed by atoms with Gasteiger partial charge in [0.05, 0.1) is 75.1 Å². The van der Waals surface area contributed by atoms with Crippen LogP contribution in [0, 0.1) is 96.9 Å². The largest absolute Gasteiger partial charge is 0.494 e. The first kappa shape index (κ1) is 108. The molecule has 11 aromatic carbocycles. The first-order chi connectivity index (χ1) is 67.8. The lowest BCUT2D eigenvalue weighted by atomic mass is 10.0. The molecule has 9 N–H and O–H groups in total. The minimum absolute atomic E-state index is 0. The number of primary amides is 1. The first-order valence-electron chi connectivity index (χ1n) is 47.4. The van der Waals surface area contributed by atoms with E-state index in [0.29, 0.717) is 56.4 Å². The van der Waals surface area contributed by atoms with Crippen LogP contribution in [-0.2, 0) is 33.5 Å². The van der Waals surface area contributed by atoms with Crippen molar-refractivity contribution < 1.29 is 69.2 Å². The fourth-order valence-corrected chi connectivity index (χ4v) is 18.2. The molecular weight excluding hydrogens is 1810 g/mol. The van der Waals surface area contributed by atoms with Crippen molar-refractivity contribution in [3.05, 3.63) is 318 Å². The Bertz CT molecular complexity index is 7710. The average Bonchev–Trinajstić information content (AvgIpc) is 1.61. The highest BCUT2D eigenvalue weighted by Crippen LogP contribution is 2.43. The van der Waals surface area contributed by atoms with Crippen LogP contribution in [0.1, 0.15) is 175 Å². The van der Waals surface area contributed by atoms with Crippen molar-refractivity contribution in [3.63, 3.8) is 0 Å². The van der Waals surface area contributed by atoms with E-state index in [4.69, 9.17) is 15.6 Å². The number of aliphatic hydroxyl groups is 2. The van der Waals surface area contributed by atoms with Gasteiger partial charge in [-0.1, -0.05) is 129 Å². The van der Waals surface area contributed by atoms with E-state index in [9.17, 15) is 59.4 Å². The molecule has 0 saturated carbocycles. The summed E-state index contributed by atoms with van der Waals surface area (Å²) >= 11 is 0. The van der Waals surface area contributed by atoms with Crippen LogP contribution in [-0.4, -0.2) is 174 Å². The lowest BCUT2D eigenvalue weighted by Crippen LogP contribution is -2.19. The molecule has 25 heteroatoms. The zero-order chi connectivity index (χ0) is 104. The number of ketones is 4. The molecule has 16 aromatic rings. The van der Waals surface area contributed by atoms with Crippen LogP contribution in [0.4, 0.5) is 0 Å². The number of amides is 1. The zero-order valence-electron chi connectivity index (χ0n) is 85.5. The van der Waals surface area contributed by atoms with E-state index in [-0.39, 0.29) is 106 Å². The van der Waals surface area contributed by atoms with Crippen LogP contribution in [0.25, 0.3) is 94.1 Å². The fraction of sp³-hybridized carbons (Fsp3) is 0.269. The molecule has 0 bridgehead atoms. The topological polar surface area (TPSA) is 366 Å². The summed E-state index contributed by atoms with van der Waals surface area (Å²) in [5.41, 5.74) is 37.7. The summed E-state index contributed by atoms with van der Waals surface area (Å²) in [7, 11) is 0. The van der Waals surface area contributed by atoms with Crippen molar-refractivity contribution in [2.24, 2.45) is 30.7 Å². The molecule has 5 aromatic heterocycles. The molecule has 16 rings (SSSR count). The number of aryl methyl sites for hydroxylation is 14. The second-order valence-corrected chi connectivity index (χ2v) is 37.1. The summed E-state index contributed by atoms with van der Waals surface area (Å²) in [6.07, 6.45) is -1.36. The number of aromatic nitrogens is 5. The third kappa shape index (κ3) is 25.3. The van der Waals surface area contributed by atoms with Gasteiger partial charge in [-0.15, -0.1) is 0 Å². The number of Topliss-reactive ketones (excluding diaryl/α,β-unsaturated/α-hetero) is 4. The molecule has 0 aliphatic heterocycles. The SMILES string of the molecule is C.CC(=NCC(=O)C(C)O)c1c(O)n(-c2cc(C)cc(C)c2)c2cc(C)ccc12.CC(=NCC(=O)CO)c1c(O)n(-c2cc(C)cc(C)c2)c2cc(C)ccc12.CC(=NCC(N)=O)c1c(O)n(-c2cc(C)cc(C)c2)c2cc(C)ccc12.CC(=O)CN=C(C)c1c(O)n(-c2cc(C)cc(C)c2)c2cc(-c3ccccc3)ccc12.CCOC(=O)CC(=O)CN=C(C)c1c(O)n(-c2cc(C)cc(C)c2)c2cc(C)ccc12. The van der Waals surface area contributed by atoms with Crippen LogP contribution in [0.3, 0.4) is 0 Å². The maximum atomic E-state index is 12.1. The first-order valence-corrected chi connectivity index (χ1v) is 47.4. The summed E-state index contributed by atoms with van der Waals surface area (Å²) in [6, 6.07) is 71.1. The normalized spacial score (nSPS) is 12.0. The van der Waals surface area contributed by atoms with E-state index in [1.165, 1.54) is 13.8 Å². The van der Waals surface area contributed by atoms with Gasteiger partial charge in [0.1, 0.15) is 38.8 Å². The second-order valence-electron chi connectivity index (χ2n) is 37.1. The second kappa shape index (κ2) is 47.1. The summed E-state index contributed by atoms with van der Waals surface area (Å²) < 4.78 is 14.0. The highest BCUT2D eigenvalue weighted by molar-refractivity contribution is 6.18. The van der Waals surface area contributed by atoms with Crippen LogP contribution >= 0.6 is 0 Å². The number of esters is 1. The molecule has 25 nitrogen and oxygen atoms in total. The molecule has 0 spiro atoms. The van der Waals surface area contributed by atoms with Gasteiger partial charge in [-0.3, -0.25) is 76.6 Å². The molecule has 5 heterocycles. The smallest absolute Gasteiger partial charge is 0.313 e. The van der Waals surface area contributed by atoms with Crippen molar-refractivity contribution in [2.75, 3.05) is 45.9 Å². The molecule has 746 valence electrons. The number of benzene rings is 11. The van der Waals surface area contributed by atoms with E-state index >= 15 is 0 Å². The van der Waals surface area contributed by atoms with E-state index in [2.05, 4.69) is 106 Å². The molecule has 1 unspecified atom stereocenters. The molecule has 0 fully saturated rings. The fourth-order valence-electron chi connectivity index (χ4n) is 18.2. The third-order valence-corrected chi connectivity index (χ3v) is 24.3. The lowest BCUT2D eigenvalue weighted by Gasteiger charge is -2.11. The lowest BCUT2D eigenvalue weighted by molar-refractivity contribution is -0.145. The van der Waals surface area contributed by atoms with Gasteiger partial charge in [-0.05, 0) is 332 Å². The average molecular weight is 1940 g/mol. The van der Waals surface area contributed by atoms with Gasteiger partial charge < -0.3 is 46.2 Å². The number of hydrogen-bond donors (Lipinski definition) is 8. The molecule has 1 amide bonds. The molecule has 0 aliphatic carbocycles. The Labute approximate surface area is 841 Å². The number of fused-ring (bicyclic) bond motifs is 5. The number of carbonyl (C=O) groups excluding carboxylic acids is 6. The van der Waals surface area contributed by atoms with Gasteiger partial charge in [-0.25, -0.2) is 0 Å². The Hall–Kier alpha value is -16.0. The van der Waals surface area contributed by atoms with Crippen LogP contribution in [0.15, 0.2) is 237 Å². The summed E-state index contributed by atoms with van der Waals surface area (Å²) in [6.45, 7) is 41.2. The van der Waals surface area contributed by atoms with Crippen molar-refractivity contribution in [1.82, 2.24) is 22.8 Å². The minimum atomic E-state index is -1.05. The highest BCUT2D eigenvalue weighted by Gasteiger charge is 2.28. The Kier molecular flexibility index (Phi) is 35.4. The van der Waals surface area contributed by atoms with Gasteiger partial charge in [0.2, 0.25) is 35.3 Å². The Morgan fingerprint density at radius 1 is 0.319 bits per heavy atom. The molecule has 0 saturated heterocycles. The van der Waals surface area contributed by atoms with E-state index in [1.54, 1.807) is 34.6 Å². The standard InChI is InChI=1S/C27H26N2O2.C25H28N2O4.C23H26N2O3.C22H24N2O3.C21H23N3O2.CH4/c1-17-12-18(2)14-23(13-17)29-25-15-22(21-8-6-5-7-9-21)10-11-24(25)26(27(29)31)20(4)28-16-19(3)30;1-6-31-23(29)13-20(28)14-26-18(5)24-21-8-7-15(2)12-22(21)27(25(24)30)19-10-16(3)9-17(4)11-19;1-13-6-7-19-20(11-13)25(18-9-14(2)8-15(3)10-18)23(28)22(19)16(4)24-12-21(27)17(5)26;1-13-5-6-19-20(10-13)24(17-8-14(2)7-15(3)9-17)22(27)21(19)16(4)23-11-18(26)12-25;1-12-5-6-17-18(10-12)24(16-8-13(2)7-14(3)9-16)21(26)20(17)15(4)23-11-19(22)25;/h5-15,31H,16H2,1-4H3;7-12,30H,6,13-14H2,1-5H3;6-11,17,26,28H,12H2,1-5H3;5-10,25,27H,11-12H2,1-4H3;5-10,26H,11H2,1-4H3,(H2,22,25);1H4. The van der Waals surface area contributed by atoms with Gasteiger partial charge in [0, 0.05) is 83.9 Å². The quantitative estimate of drug-likeness (QED) is 0.0142. The maximum absolute atomic E-state index is 12.1. The summed E-state index contributed by atoms with van der Waals surface area (Å²) in [5.74, 6) is -1.59. The van der Waals surface area contributed by atoms with E-state index < -0.39 is 24.6 Å². The molecule has 144 heavy (non-hydrogen) atoms. The zero-order valence-corrected chi connectivity index (χ0v) is 85.5. The van der Waals surface area contributed by atoms with Gasteiger partial charge in [-0.2, -0.15) is 0 Å². The number of nitrogens with zero attached hydrogens (tertiary/aromatic N) is 10. The van der Waals surface area contributed by atoms with Crippen LogP contribution in [0.2, 0.25) is 0 Å². The summed E-state index contributed by atoms with van der Waals surface area (Å²) in [4.78, 5) is 90.9. The Morgan fingerprint density at radius 2 is 0.576 bits per heavy atom. The molecular formula is C119H131N11O14. The number of carbonyl (C=O) groups is 6. The predicted molar refractivity (Wildman–Crippen MR) is 583 cm³/mol. The number of nitrogens with two attached hydrogens (primary N) is 1. The monoisotopic (exact) mass is 1940 g/mol. The van der Waals surface area contributed by atoms with Gasteiger partial charge in [0.25, 0.3) is 0 Å². The minimum Gasteiger partial charge on any atom is -0.494 e. The number of ether oxygens (including phenoxy) is 1. The van der Waals surface area contributed by atoms with E-state index in [0.717, 1.165) is 172 Å². The van der Waals surface area contributed by atoms with Crippen molar-refractivity contribution in [1.29, 1.82) is 0 Å². The number of rotatable bonds is 26. The summed E-state index contributed by atoms with van der Waals surface area (Å²) in [5, 5.41) is 78.5. The van der Waals surface area contributed by atoms with Crippen molar-refractivity contribution in [2.45, 2.75) is 172 Å².